The van der Waals surface area contributed by atoms with Crippen molar-refractivity contribution in [1.29, 1.82) is 0 Å². The van der Waals surface area contributed by atoms with Crippen LogP contribution in [0.2, 0.25) is 0 Å². The lowest BCUT2D eigenvalue weighted by Crippen LogP contribution is -2.41. The van der Waals surface area contributed by atoms with E-state index in [0.717, 1.165) is 0 Å². The average molecular weight is 235 g/mol. The van der Waals surface area contributed by atoms with Gasteiger partial charge in [0, 0.05) is 19.3 Å². The molecule has 1 heterocycles. The maximum Gasteiger partial charge on any atom is 0.272 e. The van der Waals surface area contributed by atoms with E-state index in [2.05, 4.69) is 10.3 Å². The molecule has 0 saturated heterocycles. The zero-order chi connectivity index (χ0) is 12.8. The first-order valence-corrected chi connectivity index (χ1v) is 5.46. The zero-order valence-electron chi connectivity index (χ0n) is 10.3. The first-order chi connectivity index (χ1) is 8.00. The van der Waals surface area contributed by atoms with Crippen LogP contribution < -0.4 is 5.32 Å². The molecule has 0 unspecified atom stereocenters. The predicted molar refractivity (Wildman–Crippen MR) is 64.5 cm³/mol. The minimum absolute atomic E-state index is 0.0353. The van der Waals surface area contributed by atoms with Crippen molar-refractivity contribution in [3.63, 3.8) is 0 Å². The Hall–Kier alpha value is -1.91. The molecule has 0 aliphatic rings. The first-order valence-electron chi connectivity index (χ1n) is 5.46. The van der Waals surface area contributed by atoms with Crippen LogP contribution in [0.1, 0.15) is 24.3 Å². The van der Waals surface area contributed by atoms with Crippen LogP contribution in [0, 0.1) is 0 Å². The van der Waals surface area contributed by atoms with E-state index in [0.29, 0.717) is 5.69 Å². The highest BCUT2D eigenvalue weighted by molar-refractivity contribution is 5.94. The van der Waals surface area contributed by atoms with Crippen LogP contribution in [0.3, 0.4) is 0 Å². The lowest BCUT2D eigenvalue weighted by molar-refractivity contribution is -0.122. The van der Waals surface area contributed by atoms with E-state index < -0.39 is 0 Å². The van der Waals surface area contributed by atoms with Crippen molar-refractivity contribution in [3.05, 3.63) is 30.1 Å². The Morgan fingerprint density at radius 3 is 2.65 bits per heavy atom. The molecule has 0 spiro atoms. The molecule has 1 aromatic rings. The highest BCUT2D eigenvalue weighted by Gasteiger charge is 2.15. The van der Waals surface area contributed by atoms with E-state index in [9.17, 15) is 9.59 Å². The number of likely N-dealkylation sites (N-methyl/N-ethyl adjacent to an activating group) is 1. The fourth-order valence-electron chi connectivity index (χ4n) is 1.34. The van der Waals surface area contributed by atoms with Crippen LogP contribution in [-0.4, -0.2) is 41.3 Å². The van der Waals surface area contributed by atoms with E-state index >= 15 is 0 Å². The molecular formula is C12H17N3O2. The molecule has 0 fully saturated rings. The largest absolute Gasteiger partial charge is 0.352 e. The number of pyridine rings is 1. The summed E-state index contributed by atoms with van der Waals surface area (Å²) < 4.78 is 0. The van der Waals surface area contributed by atoms with Gasteiger partial charge in [0.05, 0.1) is 6.54 Å². The van der Waals surface area contributed by atoms with Gasteiger partial charge in [-0.3, -0.25) is 14.6 Å². The van der Waals surface area contributed by atoms with Gasteiger partial charge in [-0.2, -0.15) is 0 Å². The lowest BCUT2D eigenvalue weighted by atomic mass is 10.3. The van der Waals surface area contributed by atoms with Gasteiger partial charge in [-0.05, 0) is 26.0 Å². The minimum atomic E-state index is -0.260. The number of rotatable bonds is 4. The van der Waals surface area contributed by atoms with Gasteiger partial charge in [0.1, 0.15) is 5.69 Å². The van der Waals surface area contributed by atoms with Gasteiger partial charge in [-0.1, -0.05) is 6.07 Å². The van der Waals surface area contributed by atoms with Gasteiger partial charge in [-0.15, -0.1) is 0 Å². The fraction of sp³-hybridized carbons (Fsp3) is 0.417. The molecule has 2 amide bonds. The number of nitrogens with one attached hydrogen (secondary N) is 1. The van der Waals surface area contributed by atoms with Crippen molar-refractivity contribution in [1.82, 2.24) is 15.2 Å². The Kier molecular flexibility index (Phi) is 4.63. The van der Waals surface area contributed by atoms with Crippen LogP contribution in [0.5, 0.6) is 0 Å². The number of hydrogen-bond acceptors (Lipinski definition) is 3. The summed E-state index contributed by atoms with van der Waals surface area (Å²) in [5, 5.41) is 2.73. The van der Waals surface area contributed by atoms with Crippen molar-refractivity contribution in [2.75, 3.05) is 13.6 Å². The molecule has 0 atom stereocenters. The number of nitrogens with zero attached hydrogens (tertiary/aromatic N) is 2. The van der Waals surface area contributed by atoms with Gasteiger partial charge >= 0.3 is 0 Å². The number of amides is 2. The number of carbonyl (C=O) groups excluding carboxylic acids is 2. The second-order valence-corrected chi connectivity index (χ2v) is 4.10. The Morgan fingerprint density at radius 1 is 1.41 bits per heavy atom. The first kappa shape index (κ1) is 13.2. The maximum absolute atomic E-state index is 11.8. The molecule has 0 aromatic carbocycles. The van der Waals surface area contributed by atoms with E-state index in [1.165, 1.54) is 4.90 Å². The van der Waals surface area contributed by atoms with Crippen LogP contribution in [0.4, 0.5) is 0 Å². The molecule has 0 radical (unpaired) electrons. The summed E-state index contributed by atoms with van der Waals surface area (Å²) in [6.07, 6.45) is 1.55. The van der Waals surface area contributed by atoms with E-state index in [4.69, 9.17) is 0 Å². The molecule has 1 aromatic heterocycles. The van der Waals surface area contributed by atoms with E-state index in [1.54, 1.807) is 31.4 Å². The maximum atomic E-state index is 11.8. The molecule has 5 nitrogen and oxygen atoms in total. The van der Waals surface area contributed by atoms with Gasteiger partial charge in [0.15, 0.2) is 0 Å². The topological polar surface area (TPSA) is 62.3 Å². The highest BCUT2D eigenvalue weighted by Crippen LogP contribution is 1.98. The van der Waals surface area contributed by atoms with Gasteiger partial charge in [-0.25, -0.2) is 0 Å². The SMILES string of the molecule is CC(C)NC(=O)CN(C)C(=O)c1ccccn1. The van der Waals surface area contributed by atoms with Crippen molar-refractivity contribution in [2.45, 2.75) is 19.9 Å². The smallest absolute Gasteiger partial charge is 0.272 e. The summed E-state index contributed by atoms with van der Waals surface area (Å²) in [7, 11) is 1.58. The quantitative estimate of drug-likeness (QED) is 0.834. The molecule has 1 N–H and O–H groups in total. The van der Waals surface area contributed by atoms with Crippen molar-refractivity contribution >= 4 is 11.8 Å². The van der Waals surface area contributed by atoms with Crippen molar-refractivity contribution in [3.8, 4) is 0 Å². The van der Waals surface area contributed by atoms with Crippen LogP contribution in [0.15, 0.2) is 24.4 Å². The second-order valence-electron chi connectivity index (χ2n) is 4.10. The molecule has 0 saturated carbocycles. The number of carbonyl (C=O) groups is 2. The van der Waals surface area contributed by atoms with E-state index in [1.807, 2.05) is 13.8 Å². The predicted octanol–water partition coefficient (Wildman–Crippen LogP) is 0.678. The Labute approximate surface area is 101 Å². The molecule has 0 aliphatic heterocycles. The van der Waals surface area contributed by atoms with Crippen LogP contribution in [-0.2, 0) is 4.79 Å². The summed E-state index contributed by atoms with van der Waals surface area (Å²) in [6.45, 7) is 3.78. The molecule has 92 valence electrons. The Bertz CT molecular complexity index is 390. The monoisotopic (exact) mass is 235 g/mol. The van der Waals surface area contributed by atoms with Crippen molar-refractivity contribution < 1.29 is 9.59 Å². The average Bonchev–Trinajstić information content (AvgIpc) is 2.28. The number of hydrogen-bond donors (Lipinski definition) is 1. The van der Waals surface area contributed by atoms with Gasteiger partial charge in [0.25, 0.3) is 5.91 Å². The van der Waals surface area contributed by atoms with Crippen molar-refractivity contribution in [2.24, 2.45) is 0 Å². The van der Waals surface area contributed by atoms with Crippen LogP contribution in [0.25, 0.3) is 0 Å². The standard InChI is InChI=1S/C12H17N3O2/c1-9(2)14-11(16)8-15(3)12(17)10-6-4-5-7-13-10/h4-7,9H,8H2,1-3H3,(H,14,16). The summed E-state index contributed by atoms with van der Waals surface area (Å²) in [4.78, 5) is 28.6. The Balaban J connectivity index is 2.56. The second kappa shape index (κ2) is 5.98. The molecule has 1 rings (SSSR count). The molecule has 0 aliphatic carbocycles. The molecule has 5 heteroatoms. The van der Waals surface area contributed by atoms with Gasteiger partial charge < -0.3 is 10.2 Å². The summed E-state index contributed by atoms with van der Waals surface area (Å²) in [5.41, 5.74) is 0.340. The third-order valence-corrected chi connectivity index (χ3v) is 2.06. The fourth-order valence-corrected chi connectivity index (χ4v) is 1.34. The molecular weight excluding hydrogens is 218 g/mol. The summed E-state index contributed by atoms with van der Waals surface area (Å²) in [6, 6.07) is 5.17. The van der Waals surface area contributed by atoms with E-state index in [-0.39, 0.29) is 24.4 Å². The third-order valence-electron chi connectivity index (χ3n) is 2.06. The third kappa shape index (κ3) is 4.22. The normalized spacial score (nSPS) is 10.1. The highest BCUT2D eigenvalue weighted by atomic mass is 16.2. The summed E-state index contributed by atoms with van der Waals surface area (Å²) >= 11 is 0. The molecule has 17 heavy (non-hydrogen) atoms. The molecule has 0 bridgehead atoms. The Morgan fingerprint density at radius 2 is 2.12 bits per heavy atom. The zero-order valence-corrected chi connectivity index (χ0v) is 10.3. The lowest BCUT2D eigenvalue weighted by Gasteiger charge is -2.17. The van der Waals surface area contributed by atoms with Gasteiger partial charge in [0.2, 0.25) is 5.91 Å². The summed E-state index contributed by atoms with van der Waals surface area (Å²) in [5.74, 6) is -0.434. The number of aromatic nitrogens is 1. The van der Waals surface area contributed by atoms with Crippen LogP contribution >= 0.6 is 0 Å². The minimum Gasteiger partial charge on any atom is -0.352 e.